The molecule has 0 heterocycles. The molecule has 7 heteroatoms. The van der Waals surface area contributed by atoms with Gasteiger partial charge in [-0.05, 0) is 24.6 Å². The van der Waals surface area contributed by atoms with Gasteiger partial charge in [0.05, 0.1) is 26.8 Å². The van der Waals surface area contributed by atoms with E-state index in [2.05, 4.69) is 5.32 Å². The summed E-state index contributed by atoms with van der Waals surface area (Å²) in [5.41, 5.74) is 5.13. The van der Waals surface area contributed by atoms with Crippen LogP contribution in [0.15, 0.2) is 18.2 Å². The van der Waals surface area contributed by atoms with Crippen molar-refractivity contribution in [3.05, 3.63) is 23.8 Å². The van der Waals surface area contributed by atoms with Crippen LogP contribution in [-0.2, 0) is 0 Å². The monoisotopic (exact) mass is 316 g/mol. The van der Waals surface area contributed by atoms with Crippen LogP contribution in [0.25, 0.3) is 0 Å². The van der Waals surface area contributed by atoms with Crippen LogP contribution in [0.3, 0.4) is 0 Å². The first-order valence-corrected chi connectivity index (χ1v) is 7.10. The molecule has 0 bridgehead atoms. The van der Waals surface area contributed by atoms with E-state index in [0.29, 0.717) is 18.1 Å². The third kappa shape index (κ3) is 5.48. The van der Waals surface area contributed by atoms with Crippen molar-refractivity contribution in [1.82, 2.24) is 5.32 Å². The molecule has 1 rings (SSSR count). The van der Waals surface area contributed by atoms with Gasteiger partial charge in [0, 0.05) is 5.56 Å². The lowest BCUT2D eigenvalue weighted by Crippen LogP contribution is -2.41. The molecule has 0 saturated carbocycles. The fourth-order valence-electron chi connectivity index (χ4n) is 1.64. The second-order valence-electron chi connectivity index (χ2n) is 4.81. The molecule has 1 aromatic rings. The van der Waals surface area contributed by atoms with Gasteiger partial charge in [0.2, 0.25) is 0 Å². The first-order chi connectivity index (χ1) is 10.4. The number of methoxy groups -OCH3 is 1. The van der Waals surface area contributed by atoms with E-state index in [4.69, 9.17) is 15.2 Å². The van der Waals surface area contributed by atoms with E-state index in [1.54, 1.807) is 6.07 Å². The lowest BCUT2D eigenvalue weighted by Gasteiger charge is -2.15. The Kier molecular flexibility index (Phi) is 7.04. The predicted octanol–water partition coefficient (Wildman–Crippen LogP) is 2.20. The Hall–Kier alpha value is -1.89. The van der Waals surface area contributed by atoms with E-state index in [1.165, 1.54) is 19.2 Å². The molecular weight excluding hydrogens is 294 g/mol. The number of carbonyl (C=O) groups is 1. The Labute approximate surface area is 128 Å². The molecular formula is C15H22F2N2O3. The second kappa shape index (κ2) is 8.53. The van der Waals surface area contributed by atoms with E-state index >= 15 is 0 Å². The van der Waals surface area contributed by atoms with Gasteiger partial charge in [-0.3, -0.25) is 4.79 Å². The van der Waals surface area contributed by atoms with Gasteiger partial charge in [-0.15, -0.1) is 0 Å². The molecule has 0 aliphatic rings. The van der Waals surface area contributed by atoms with E-state index in [9.17, 15) is 13.6 Å². The Morgan fingerprint density at radius 1 is 1.36 bits per heavy atom. The summed E-state index contributed by atoms with van der Waals surface area (Å²) < 4.78 is 36.8. The zero-order valence-electron chi connectivity index (χ0n) is 12.8. The number of ether oxygens (including phenoxy) is 2. The van der Waals surface area contributed by atoms with Crippen LogP contribution < -0.4 is 20.5 Å². The molecule has 0 saturated heterocycles. The summed E-state index contributed by atoms with van der Waals surface area (Å²) >= 11 is 0. The largest absolute Gasteiger partial charge is 0.493 e. The number of rotatable bonds is 9. The topological polar surface area (TPSA) is 73.6 Å². The molecule has 0 atom stereocenters. The molecule has 124 valence electrons. The Bertz CT molecular complexity index is 496. The summed E-state index contributed by atoms with van der Waals surface area (Å²) in [5.74, 6) is -2.84. The van der Waals surface area contributed by atoms with Crippen molar-refractivity contribution in [2.45, 2.75) is 25.7 Å². The minimum absolute atomic E-state index is 0.215. The number of halogens is 2. The van der Waals surface area contributed by atoms with Gasteiger partial charge in [-0.1, -0.05) is 13.3 Å². The quantitative estimate of drug-likeness (QED) is 0.685. The highest BCUT2D eigenvalue weighted by Crippen LogP contribution is 2.28. The highest BCUT2D eigenvalue weighted by atomic mass is 19.3. The first kappa shape index (κ1) is 18.2. The van der Waals surface area contributed by atoms with Gasteiger partial charge in [0.25, 0.3) is 11.8 Å². The van der Waals surface area contributed by atoms with Crippen LogP contribution in [-0.4, -0.2) is 38.6 Å². The third-order valence-corrected chi connectivity index (χ3v) is 2.99. The van der Waals surface area contributed by atoms with Crippen molar-refractivity contribution in [2.24, 2.45) is 5.73 Å². The summed E-state index contributed by atoms with van der Waals surface area (Å²) in [4.78, 5) is 11.9. The molecule has 5 nitrogen and oxygen atoms in total. The smallest absolute Gasteiger partial charge is 0.277 e. The minimum Gasteiger partial charge on any atom is -0.493 e. The SMILES string of the molecule is CCCCOc1ccc(C(=O)NCC(F)(F)CN)cc1OC. The number of hydrogen-bond acceptors (Lipinski definition) is 4. The zero-order chi connectivity index (χ0) is 16.6. The highest BCUT2D eigenvalue weighted by Gasteiger charge is 2.27. The van der Waals surface area contributed by atoms with Gasteiger partial charge in [0.1, 0.15) is 0 Å². The summed E-state index contributed by atoms with van der Waals surface area (Å²) in [6, 6.07) is 4.54. The van der Waals surface area contributed by atoms with Gasteiger partial charge >= 0.3 is 0 Å². The molecule has 0 aliphatic heterocycles. The highest BCUT2D eigenvalue weighted by molar-refractivity contribution is 5.94. The Balaban J connectivity index is 2.73. The van der Waals surface area contributed by atoms with Gasteiger partial charge in [0.15, 0.2) is 11.5 Å². The summed E-state index contributed by atoms with van der Waals surface area (Å²) in [6.07, 6.45) is 1.90. The van der Waals surface area contributed by atoms with Crippen molar-refractivity contribution in [3.63, 3.8) is 0 Å². The van der Waals surface area contributed by atoms with Crippen LogP contribution in [0.1, 0.15) is 30.1 Å². The van der Waals surface area contributed by atoms with Crippen molar-refractivity contribution in [2.75, 3.05) is 26.8 Å². The summed E-state index contributed by atoms with van der Waals surface area (Å²) in [7, 11) is 1.45. The normalized spacial score (nSPS) is 11.1. The molecule has 0 fully saturated rings. The van der Waals surface area contributed by atoms with E-state index in [-0.39, 0.29) is 5.56 Å². The molecule has 1 amide bonds. The molecule has 0 aliphatic carbocycles. The predicted molar refractivity (Wildman–Crippen MR) is 79.7 cm³/mol. The number of amides is 1. The first-order valence-electron chi connectivity index (χ1n) is 7.10. The summed E-state index contributed by atoms with van der Waals surface area (Å²) in [5, 5.41) is 2.15. The van der Waals surface area contributed by atoms with Crippen molar-refractivity contribution in [1.29, 1.82) is 0 Å². The number of alkyl halides is 2. The maximum absolute atomic E-state index is 13.0. The second-order valence-corrected chi connectivity index (χ2v) is 4.81. The van der Waals surface area contributed by atoms with Crippen molar-refractivity contribution in [3.8, 4) is 11.5 Å². The van der Waals surface area contributed by atoms with E-state index in [0.717, 1.165) is 12.8 Å². The number of nitrogens with one attached hydrogen (secondary N) is 1. The molecule has 0 unspecified atom stereocenters. The van der Waals surface area contributed by atoms with E-state index < -0.39 is 24.9 Å². The maximum atomic E-state index is 13.0. The van der Waals surface area contributed by atoms with Gasteiger partial charge < -0.3 is 20.5 Å². The van der Waals surface area contributed by atoms with Gasteiger partial charge in [-0.2, -0.15) is 0 Å². The van der Waals surface area contributed by atoms with Crippen LogP contribution in [0, 0.1) is 0 Å². The van der Waals surface area contributed by atoms with Crippen LogP contribution in [0.5, 0.6) is 11.5 Å². The van der Waals surface area contributed by atoms with Crippen molar-refractivity contribution < 1.29 is 23.0 Å². The van der Waals surface area contributed by atoms with Gasteiger partial charge in [-0.25, -0.2) is 8.78 Å². The molecule has 0 aromatic heterocycles. The minimum atomic E-state index is -3.12. The Morgan fingerprint density at radius 3 is 2.68 bits per heavy atom. The molecule has 22 heavy (non-hydrogen) atoms. The number of carbonyl (C=O) groups excluding carboxylic acids is 1. The average molecular weight is 316 g/mol. The lowest BCUT2D eigenvalue weighted by atomic mass is 10.2. The summed E-state index contributed by atoms with van der Waals surface area (Å²) in [6.45, 7) is 0.965. The fraction of sp³-hybridized carbons (Fsp3) is 0.533. The zero-order valence-corrected chi connectivity index (χ0v) is 12.8. The molecule has 3 N–H and O–H groups in total. The standard InChI is InChI=1S/C15H22F2N2O3/c1-3-4-7-22-12-6-5-11(8-13(12)21-2)14(20)19-10-15(16,17)9-18/h5-6,8H,3-4,7,9-10,18H2,1-2H3,(H,19,20). The van der Waals surface area contributed by atoms with E-state index in [1.807, 2.05) is 6.92 Å². The van der Waals surface area contributed by atoms with Crippen molar-refractivity contribution >= 4 is 5.91 Å². The molecule has 1 aromatic carbocycles. The molecule has 0 radical (unpaired) electrons. The van der Waals surface area contributed by atoms with Crippen LogP contribution >= 0.6 is 0 Å². The number of nitrogens with two attached hydrogens (primary N) is 1. The number of unbranched alkanes of at least 4 members (excludes halogenated alkanes) is 1. The van der Waals surface area contributed by atoms with Crippen LogP contribution in [0.2, 0.25) is 0 Å². The average Bonchev–Trinajstić information content (AvgIpc) is 2.53. The third-order valence-electron chi connectivity index (χ3n) is 2.99. The maximum Gasteiger partial charge on any atom is 0.277 e. The number of hydrogen-bond donors (Lipinski definition) is 2. The van der Waals surface area contributed by atoms with Crippen LogP contribution in [0.4, 0.5) is 8.78 Å². The Morgan fingerprint density at radius 2 is 2.09 bits per heavy atom. The molecule has 0 spiro atoms. The number of benzene rings is 1. The fourth-order valence-corrected chi connectivity index (χ4v) is 1.64. The lowest BCUT2D eigenvalue weighted by molar-refractivity contribution is 0.0118.